The first-order valence-electron chi connectivity index (χ1n) is 8.19. The van der Waals surface area contributed by atoms with Crippen LogP contribution in [0.2, 0.25) is 0 Å². The van der Waals surface area contributed by atoms with E-state index in [0.717, 1.165) is 4.47 Å². The molecular weight excluding hydrogens is 462 g/mol. The molecule has 0 atom stereocenters. The van der Waals surface area contributed by atoms with Gasteiger partial charge in [0.1, 0.15) is 0 Å². The van der Waals surface area contributed by atoms with Crippen molar-refractivity contribution in [2.24, 2.45) is 0 Å². The summed E-state index contributed by atoms with van der Waals surface area (Å²) in [5.74, 6) is -0.518. The first kappa shape index (κ1) is 20.5. The molecule has 148 valence electrons. The molecule has 0 saturated carbocycles. The van der Waals surface area contributed by atoms with E-state index >= 15 is 0 Å². The fraction of sp³-hybridized carbons (Fsp3) is 0. The van der Waals surface area contributed by atoms with Crippen molar-refractivity contribution in [3.05, 3.63) is 92.9 Å². The number of nitro groups is 1. The van der Waals surface area contributed by atoms with Gasteiger partial charge in [-0.2, -0.15) is 0 Å². The smallest absolute Gasteiger partial charge is 0.269 e. The number of nitro benzene ring substituents is 1. The summed E-state index contributed by atoms with van der Waals surface area (Å²) < 4.78 is 28.5. The number of sulfonamides is 1. The lowest BCUT2D eigenvalue weighted by atomic mass is 10.2. The van der Waals surface area contributed by atoms with Crippen LogP contribution in [0.1, 0.15) is 10.4 Å². The van der Waals surface area contributed by atoms with Crippen LogP contribution in [0.25, 0.3) is 0 Å². The van der Waals surface area contributed by atoms with Crippen LogP contribution in [0.15, 0.2) is 82.2 Å². The number of benzene rings is 3. The van der Waals surface area contributed by atoms with Crippen molar-refractivity contribution >= 4 is 48.9 Å². The molecule has 0 heterocycles. The first-order valence-corrected chi connectivity index (χ1v) is 10.5. The number of anilines is 2. The Hall–Kier alpha value is -3.24. The number of nitrogens with one attached hydrogen (secondary N) is 2. The minimum atomic E-state index is -3.86. The maximum absolute atomic E-state index is 12.6. The number of amides is 1. The Balaban J connectivity index is 1.77. The molecule has 0 saturated heterocycles. The van der Waals surface area contributed by atoms with Crippen molar-refractivity contribution in [3.8, 4) is 0 Å². The van der Waals surface area contributed by atoms with Gasteiger partial charge in [0.25, 0.3) is 21.6 Å². The van der Waals surface area contributed by atoms with Crippen LogP contribution >= 0.6 is 15.9 Å². The highest BCUT2D eigenvalue weighted by atomic mass is 79.9. The Kier molecular flexibility index (Phi) is 5.95. The van der Waals surface area contributed by atoms with Crippen molar-refractivity contribution in [3.63, 3.8) is 0 Å². The molecule has 0 fully saturated rings. The van der Waals surface area contributed by atoms with E-state index in [4.69, 9.17) is 0 Å². The van der Waals surface area contributed by atoms with Gasteiger partial charge in [-0.25, -0.2) is 8.42 Å². The molecule has 2 N–H and O–H groups in total. The molecule has 29 heavy (non-hydrogen) atoms. The van der Waals surface area contributed by atoms with Crippen LogP contribution in [-0.2, 0) is 10.0 Å². The molecule has 3 aromatic rings. The van der Waals surface area contributed by atoms with Crippen molar-refractivity contribution in [1.82, 2.24) is 0 Å². The topological polar surface area (TPSA) is 118 Å². The van der Waals surface area contributed by atoms with Gasteiger partial charge in [-0.3, -0.25) is 19.6 Å². The van der Waals surface area contributed by atoms with E-state index in [1.54, 1.807) is 30.3 Å². The molecule has 0 unspecified atom stereocenters. The molecule has 0 aromatic heterocycles. The van der Waals surface area contributed by atoms with Crippen molar-refractivity contribution in [2.75, 3.05) is 10.0 Å². The third-order valence-electron chi connectivity index (χ3n) is 3.84. The third-order valence-corrected chi connectivity index (χ3v) is 5.75. The Morgan fingerprint density at radius 3 is 2.21 bits per heavy atom. The van der Waals surface area contributed by atoms with Crippen LogP contribution in [-0.4, -0.2) is 19.2 Å². The van der Waals surface area contributed by atoms with Crippen molar-refractivity contribution in [1.29, 1.82) is 0 Å². The lowest BCUT2D eigenvalue weighted by Gasteiger charge is -2.10. The molecule has 8 nitrogen and oxygen atoms in total. The summed E-state index contributed by atoms with van der Waals surface area (Å²) >= 11 is 3.28. The largest absolute Gasteiger partial charge is 0.322 e. The summed E-state index contributed by atoms with van der Waals surface area (Å²) in [6, 6.07) is 17.5. The second-order valence-corrected chi connectivity index (χ2v) is 8.50. The number of nitrogens with zero attached hydrogens (tertiary/aromatic N) is 1. The summed E-state index contributed by atoms with van der Waals surface area (Å²) in [4.78, 5) is 22.4. The molecule has 0 bridgehead atoms. The highest BCUT2D eigenvalue weighted by Crippen LogP contribution is 2.21. The Labute approximate surface area is 174 Å². The van der Waals surface area contributed by atoms with Crippen LogP contribution < -0.4 is 10.0 Å². The fourth-order valence-corrected chi connectivity index (χ4v) is 3.78. The van der Waals surface area contributed by atoms with E-state index in [2.05, 4.69) is 26.0 Å². The molecule has 0 aliphatic rings. The minimum absolute atomic E-state index is 0.0260. The molecule has 0 aliphatic carbocycles. The summed E-state index contributed by atoms with van der Waals surface area (Å²) in [5, 5.41) is 13.3. The van der Waals surface area contributed by atoms with E-state index in [9.17, 15) is 23.3 Å². The molecule has 0 aliphatic heterocycles. The van der Waals surface area contributed by atoms with Gasteiger partial charge in [0.05, 0.1) is 9.82 Å². The van der Waals surface area contributed by atoms with Gasteiger partial charge < -0.3 is 5.32 Å². The number of carbonyl (C=O) groups excluding carboxylic acids is 1. The predicted molar refractivity (Wildman–Crippen MR) is 112 cm³/mol. The van der Waals surface area contributed by atoms with Crippen LogP contribution in [0.3, 0.4) is 0 Å². The molecule has 1 amide bonds. The number of halogens is 1. The number of carbonyl (C=O) groups is 1. The molecule has 3 aromatic carbocycles. The number of hydrogen-bond acceptors (Lipinski definition) is 5. The monoisotopic (exact) mass is 475 g/mol. The van der Waals surface area contributed by atoms with E-state index < -0.39 is 20.9 Å². The maximum atomic E-state index is 12.6. The van der Waals surface area contributed by atoms with Crippen LogP contribution in [0.5, 0.6) is 0 Å². The maximum Gasteiger partial charge on any atom is 0.269 e. The average Bonchev–Trinajstić information content (AvgIpc) is 2.70. The molecule has 3 rings (SSSR count). The van der Waals surface area contributed by atoms with Gasteiger partial charge in [-0.15, -0.1) is 0 Å². The lowest BCUT2D eigenvalue weighted by Crippen LogP contribution is -2.15. The van der Waals surface area contributed by atoms with Crippen LogP contribution in [0.4, 0.5) is 17.1 Å². The second kappa shape index (κ2) is 8.41. The summed E-state index contributed by atoms with van der Waals surface area (Å²) in [6.45, 7) is 0. The van der Waals surface area contributed by atoms with Gasteiger partial charge >= 0.3 is 0 Å². The van der Waals surface area contributed by atoms with Gasteiger partial charge in [-0.1, -0.05) is 22.0 Å². The second-order valence-electron chi connectivity index (χ2n) is 5.90. The molecule has 10 heteroatoms. The number of rotatable bonds is 6. The van der Waals surface area contributed by atoms with E-state index in [0.29, 0.717) is 5.69 Å². The quantitative estimate of drug-likeness (QED) is 0.404. The van der Waals surface area contributed by atoms with Gasteiger partial charge in [0.15, 0.2) is 0 Å². The Morgan fingerprint density at radius 2 is 1.59 bits per heavy atom. The van der Waals surface area contributed by atoms with E-state index in [-0.39, 0.29) is 21.8 Å². The van der Waals surface area contributed by atoms with Crippen LogP contribution in [0, 0.1) is 10.1 Å². The van der Waals surface area contributed by atoms with Gasteiger partial charge in [0, 0.05) is 33.5 Å². The number of non-ortho nitro benzene ring substituents is 1. The highest BCUT2D eigenvalue weighted by molar-refractivity contribution is 9.10. The van der Waals surface area contributed by atoms with Crippen molar-refractivity contribution < 1.29 is 18.1 Å². The van der Waals surface area contributed by atoms with E-state index in [1.807, 2.05) is 0 Å². The zero-order chi connectivity index (χ0) is 21.0. The normalized spacial score (nSPS) is 10.9. The van der Waals surface area contributed by atoms with Gasteiger partial charge in [0.2, 0.25) is 0 Å². The zero-order valence-corrected chi connectivity index (χ0v) is 17.1. The standard InChI is InChI=1S/C19H14BrN3O5S/c20-14-6-8-15(9-7-14)22-29(27,28)18-3-1-2-16(12-18)21-19(24)13-4-10-17(11-5-13)23(25)26/h1-12,22H,(H,21,24). The first-order chi connectivity index (χ1) is 13.7. The summed E-state index contributed by atoms with van der Waals surface area (Å²) in [5.41, 5.74) is 0.742. The van der Waals surface area contributed by atoms with Gasteiger partial charge in [-0.05, 0) is 54.6 Å². The SMILES string of the molecule is O=C(Nc1cccc(S(=O)(=O)Nc2ccc(Br)cc2)c1)c1ccc([N+](=O)[O-])cc1. The Morgan fingerprint density at radius 1 is 0.931 bits per heavy atom. The highest BCUT2D eigenvalue weighted by Gasteiger charge is 2.16. The molecule has 0 spiro atoms. The van der Waals surface area contributed by atoms with E-state index in [1.165, 1.54) is 42.5 Å². The average molecular weight is 476 g/mol. The summed E-state index contributed by atoms with van der Waals surface area (Å²) in [6.07, 6.45) is 0. The summed E-state index contributed by atoms with van der Waals surface area (Å²) in [7, 11) is -3.86. The molecular formula is C19H14BrN3O5S. The Bertz CT molecular complexity index is 1160. The minimum Gasteiger partial charge on any atom is -0.322 e. The predicted octanol–water partition coefficient (Wildman–Crippen LogP) is 4.41. The number of hydrogen-bond donors (Lipinski definition) is 2. The van der Waals surface area contributed by atoms with Crippen molar-refractivity contribution in [2.45, 2.75) is 4.90 Å². The molecule has 0 radical (unpaired) electrons. The lowest BCUT2D eigenvalue weighted by molar-refractivity contribution is -0.384. The fourth-order valence-electron chi connectivity index (χ4n) is 2.41. The zero-order valence-electron chi connectivity index (χ0n) is 14.7. The third kappa shape index (κ3) is 5.18.